The maximum absolute atomic E-state index is 11.3. The molecule has 1 atom stereocenters. The minimum absolute atomic E-state index is 0.182. The summed E-state index contributed by atoms with van der Waals surface area (Å²) in [5.41, 5.74) is 1.14. The van der Waals surface area contributed by atoms with Crippen molar-refractivity contribution in [3.05, 3.63) is 36.0 Å². The van der Waals surface area contributed by atoms with Gasteiger partial charge < -0.3 is 4.74 Å². The monoisotopic (exact) mass is 178 g/mol. The van der Waals surface area contributed by atoms with E-state index < -0.39 is 0 Å². The van der Waals surface area contributed by atoms with Gasteiger partial charge in [0, 0.05) is 0 Å². The topological polar surface area (TPSA) is 26.3 Å². The quantitative estimate of drug-likeness (QED) is 0.606. The van der Waals surface area contributed by atoms with Crippen LogP contribution in [0, 0.1) is 5.92 Å². The second-order valence-corrected chi connectivity index (χ2v) is 2.93. The molecule has 13 heavy (non-hydrogen) atoms. The Morgan fingerprint density at radius 3 is 3.00 bits per heavy atom. The van der Waals surface area contributed by atoms with Gasteiger partial charge >= 0.3 is 5.97 Å². The fourth-order valence-corrected chi connectivity index (χ4v) is 1.10. The second-order valence-electron chi connectivity index (χ2n) is 2.93. The highest BCUT2D eigenvalue weighted by molar-refractivity contribution is 5.77. The molecule has 1 aliphatic rings. The summed E-state index contributed by atoms with van der Waals surface area (Å²) < 4.78 is 4.91. The van der Waals surface area contributed by atoms with E-state index >= 15 is 0 Å². The third-order valence-corrected chi connectivity index (χ3v) is 1.80. The predicted octanol–water partition coefficient (Wildman–Crippen LogP) is 2.24. The Morgan fingerprint density at radius 1 is 1.54 bits per heavy atom. The standard InChI is InChI=1S/C11H14O2/c1-3-13-11(12)10-6-4-5-9(2)7-8-10/h4-8,10H,3H2,1-2H3. The van der Waals surface area contributed by atoms with Crippen molar-refractivity contribution in [2.75, 3.05) is 6.61 Å². The molecule has 0 heterocycles. The largest absolute Gasteiger partial charge is 0.465 e. The van der Waals surface area contributed by atoms with Crippen molar-refractivity contribution in [3.8, 4) is 0 Å². The van der Waals surface area contributed by atoms with E-state index in [4.69, 9.17) is 4.74 Å². The molecule has 0 aromatic carbocycles. The molecule has 2 nitrogen and oxygen atoms in total. The van der Waals surface area contributed by atoms with E-state index in [1.54, 1.807) is 0 Å². The van der Waals surface area contributed by atoms with Gasteiger partial charge in [-0.3, -0.25) is 4.79 Å². The van der Waals surface area contributed by atoms with Crippen molar-refractivity contribution in [2.24, 2.45) is 5.92 Å². The molecule has 1 aliphatic carbocycles. The van der Waals surface area contributed by atoms with Crippen LogP contribution in [0.25, 0.3) is 0 Å². The number of carbonyl (C=O) groups is 1. The van der Waals surface area contributed by atoms with Crippen LogP contribution in [0.1, 0.15) is 13.8 Å². The molecule has 0 bridgehead atoms. The van der Waals surface area contributed by atoms with E-state index in [0.29, 0.717) is 6.61 Å². The third-order valence-electron chi connectivity index (χ3n) is 1.80. The zero-order valence-corrected chi connectivity index (χ0v) is 7.99. The molecular weight excluding hydrogens is 164 g/mol. The van der Waals surface area contributed by atoms with Crippen LogP contribution < -0.4 is 0 Å². The van der Waals surface area contributed by atoms with Crippen LogP contribution in [0.3, 0.4) is 0 Å². The van der Waals surface area contributed by atoms with Crippen LogP contribution in [0.15, 0.2) is 36.0 Å². The lowest BCUT2D eigenvalue weighted by molar-refractivity contribution is -0.144. The minimum atomic E-state index is -0.228. The molecule has 2 heteroatoms. The van der Waals surface area contributed by atoms with E-state index in [0.717, 1.165) is 5.57 Å². The van der Waals surface area contributed by atoms with Gasteiger partial charge in [0.25, 0.3) is 0 Å². The lowest BCUT2D eigenvalue weighted by atomic mass is 10.1. The highest BCUT2D eigenvalue weighted by Crippen LogP contribution is 2.11. The number of hydrogen-bond donors (Lipinski definition) is 0. The molecule has 70 valence electrons. The lowest BCUT2D eigenvalue weighted by Crippen LogP contribution is -2.13. The molecular formula is C11H14O2. The molecule has 0 saturated carbocycles. The molecule has 0 amide bonds. The van der Waals surface area contributed by atoms with Crippen LogP contribution in [-0.4, -0.2) is 12.6 Å². The summed E-state index contributed by atoms with van der Waals surface area (Å²) >= 11 is 0. The molecule has 0 fully saturated rings. The Balaban J connectivity index is 2.64. The molecule has 1 rings (SSSR count). The molecule has 0 spiro atoms. The fraction of sp³-hybridized carbons (Fsp3) is 0.364. The van der Waals surface area contributed by atoms with Crippen molar-refractivity contribution in [3.63, 3.8) is 0 Å². The first-order valence-corrected chi connectivity index (χ1v) is 4.44. The Bertz CT molecular complexity index is 272. The van der Waals surface area contributed by atoms with Gasteiger partial charge in [0.15, 0.2) is 0 Å². The third kappa shape index (κ3) is 2.90. The van der Waals surface area contributed by atoms with Crippen LogP contribution >= 0.6 is 0 Å². The Hall–Kier alpha value is -1.31. The molecule has 0 radical (unpaired) electrons. The highest BCUT2D eigenvalue weighted by atomic mass is 16.5. The summed E-state index contributed by atoms with van der Waals surface area (Å²) in [4.78, 5) is 11.3. The van der Waals surface area contributed by atoms with E-state index in [2.05, 4.69) is 0 Å². The van der Waals surface area contributed by atoms with E-state index in [1.165, 1.54) is 0 Å². The number of hydrogen-bond acceptors (Lipinski definition) is 2. The average Bonchev–Trinajstić information content (AvgIpc) is 2.30. The maximum atomic E-state index is 11.3. The number of ether oxygens (including phenoxy) is 1. The van der Waals surface area contributed by atoms with Gasteiger partial charge in [-0.05, 0) is 13.8 Å². The Labute approximate surface area is 78.6 Å². The van der Waals surface area contributed by atoms with E-state index in [1.807, 2.05) is 44.2 Å². The molecule has 1 unspecified atom stereocenters. The number of carbonyl (C=O) groups excluding carboxylic acids is 1. The van der Waals surface area contributed by atoms with Gasteiger partial charge in [-0.15, -0.1) is 0 Å². The second kappa shape index (κ2) is 4.65. The maximum Gasteiger partial charge on any atom is 0.316 e. The number of rotatable bonds is 2. The van der Waals surface area contributed by atoms with Crippen LogP contribution in [0.5, 0.6) is 0 Å². The van der Waals surface area contributed by atoms with Gasteiger partial charge in [-0.1, -0.05) is 36.0 Å². The van der Waals surface area contributed by atoms with E-state index in [-0.39, 0.29) is 11.9 Å². The smallest absolute Gasteiger partial charge is 0.316 e. The summed E-state index contributed by atoms with van der Waals surface area (Å²) in [6.45, 7) is 4.24. The molecule has 0 aliphatic heterocycles. The molecule has 0 aromatic heterocycles. The summed E-state index contributed by atoms with van der Waals surface area (Å²) in [6.07, 6.45) is 9.48. The fourth-order valence-electron chi connectivity index (χ4n) is 1.10. The predicted molar refractivity (Wildman–Crippen MR) is 52.2 cm³/mol. The Morgan fingerprint density at radius 2 is 2.31 bits per heavy atom. The van der Waals surface area contributed by atoms with Crippen LogP contribution in [0.4, 0.5) is 0 Å². The first-order chi connectivity index (χ1) is 6.24. The summed E-state index contributed by atoms with van der Waals surface area (Å²) in [6, 6.07) is 0. The SMILES string of the molecule is CCOC(=O)C1C=CC=C(C)C=C1. The summed E-state index contributed by atoms with van der Waals surface area (Å²) in [5, 5.41) is 0. The number of allylic oxidation sites excluding steroid dienone is 4. The summed E-state index contributed by atoms with van der Waals surface area (Å²) in [7, 11) is 0. The zero-order chi connectivity index (χ0) is 9.68. The average molecular weight is 178 g/mol. The van der Waals surface area contributed by atoms with Gasteiger partial charge in [0.2, 0.25) is 0 Å². The van der Waals surface area contributed by atoms with Crippen molar-refractivity contribution >= 4 is 5.97 Å². The molecule has 0 saturated heterocycles. The van der Waals surface area contributed by atoms with Crippen LogP contribution in [0.2, 0.25) is 0 Å². The van der Waals surface area contributed by atoms with Gasteiger partial charge in [0.1, 0.15) is 0 Å². The van der Waals surface area contributed by atoms with Gasteiger partial charge in [-0.25, -0.2) is 0 Å². The lowest BCUT2D eigenvalue weighted by Gasteiger charge is -2.05. The van der Waals surface area contributed by atoms with Crippen molar-refractivity contribution in [2.45, 2.75) is 13.8 Å². The molecule has 0 aromatic rings. The highest BCUT2D eigenvalue weighted by Gasteiger charge is 2.13. The van der Waals surface area contributed by atoms with E-state index in [9.17, 15) is 4.79 Å². The first kappa shape index (κ1) is 9.78. The molecule has 0 N–H and O–H groups in total. The normalized spacial score (nSPS) is 20.8. The Kier molecular flexibility index (Phi) is 3.50. The van der Waals surface area contributed by atoms with Crippen LogP contribution in [-0.2, 0) is 9.53 Å². The zero-order valence-electron chi connectivity index (χ0n) is 7.99. The number of esters is 1. The summed E-state index contributed by atoms with van der Waals surface area (Å²) in [5.74, 6) is -0.410. The van der Waals surface area contributed by atoms with Gasteiger partial charge in [-0.2, -0.15) is 0 Å². The van der Waals surface area contributed by atoms with Gasteiger partial charge in [0.05, 0.1) is 12.5 Å². The van der Waals surface area contributed by atoms with Crippen molar-refractivity contribution in [1.82, 2.24) is 0 Å². The minimum Gasteiger partial charge on any atom is -0.465 e. The van der Waals surface area contributed by atoms with Crippen molar-refractivity contribution < 1.29 is 9.53 Å². The first-order valence-electron chi connectivity index (χ1n) is 4.44. The van der Waals surface area contributed by atoms with Crippen molar-refractivity contribution in [1.29, 1.82) is 0 Å².